The number of halogens is 1. The van der Waals surface area contributed by atoms with Gasteiger partial charge in [0.2, 0.25) is 0 Å². The average molecular weight is 341 g/mol. The SMILES string of the molecule is CCc1nn(CC)c(CC2(CO)CC3CCC2C3)c1Br. The molecule has 0 spiro atoms. The van der Waals surface area contributed by atoms with Crippen molar-refractivity contribution in [3.05, 3.63) is 15.9 Å². The average Bonchev–Trinajstić information content (AvgIpc) is 3.14. The van der Waals surface area contributed by atoms with E-state index in [1.165, 1.54) is 35.8 Å². The van der Waals surface area contributed by atoms with Crippen LogP contribution in [0.5, 0.6) is 0 Å². The standard InChI is InChI=1S/C16H25BrN2O/c1-3-13-15(17)14(19(4-2)18-13)9-16(10-20)8-11-5-6-12(16)7-11/h11-12,20H,3-10H2,1-2H3. The zero-order chi connectivity index (χ0) is 14.3. The second-order valence-corrected chi connectivity index (χ2v) is 7.45. The maximum atomic E-state index is 10.1. The van der Waals surface area contributed by atoms with Crippen molar-refractivity contribution < 1.29 is 5.11 Å². The predicted octanol–water partition coefficient (Wildman–Crippen LogP) is 3.57. The van der Waals surface area contributed by atoms with Crippen LogP contribution >= 0.6 is 15.9 Å². The minimum Gasteiger partial charge on any atom is -0.396 e. The monoisotopic (exact) mass is 340 g/mol. The molecule has 0 aromatic carbocycles. The summed E-state index contributed by atoms with van der Waals surface area (Å²) in [6.07, 6.45) is 7.16. The van der Waals surface area contributed by atoms with Gasteiger partial charge in [-0.2, -0.15) is 5.10 Å². The van der Waals surface area contributed by atoms with E-state index >= 15 is 0 Å². The number of nitrogens with zero attached hydrogens (tertiary/aromatic N) is 2. The Morgan fingerprint density at radius 2 is 2.20 bits per heavy atom. The van der Waals surface area contributed by atoms with Crippen LogP contribution in [-0.2, 0) is 19.4 Å². The van der Waals surface area contributed by atoms with Crippen molar-refractivity contribution in [2.24, 2.45) is 17.3 Å². The molecule has 3 nitrogen and oxygen atoms in total. The van der Waals surface area contributed by atoms with Crippen LogP contribution in [0.4, 0.5) is 0 Å². The Labute approximate surface area is 129 Å². The quantitative estimate of drug-likeness (QED) is 0.889. The Bertz CT molecular complexity index is 499. The first-order chi connectivity index (χ1) is 9.63. The fourth-order valence-corrected chi connectivity index (χ4v) is 5.25. The smallest absolute Gasteiger partial charge is 0.0766 e. The maximum Gasteiger partial charge on any atom is 0.0766 e. The molecule has 0 amide bonds. The maximum absolute atomic E-state index is 10.1. The number of fused-ring (bicyclic) bond motifs is 2. The molecule has 1 aromatic heterocycles. The fourth-order valence-electron chi connectivity index (χ4n) is 4.54. The molecule has 2 bridgehead atoms. The van der Waals surface area contributed by atoms with Crippen LogP contribution in [0.1, 0.15) is 50.9 Å². The summed E-state index contributed by atoms with van der Waals surface area (Å²) >= 11 is 3.75. The van der Waals surface area contributed by atoms with Gasteiger partial charge in [-0.1, -0.05) is 13.3 Å². The lowest BCUT2D eigenvalue weighted by molar-refractivity contribution is 0.0630. The number of hydrogen-bond acceptors (Lipinski definition) is 2. The summed E-state index contributed by atoms with van der Waals surface area (Å²) in [6, 6.07) is 0. The third-order valence-electron chi connectivity index (χ3n) is 5.63. The van der Waals surface area contributed by atoms with Crippen LogP contribution in [-0.4, -0.2) is 21.5 Å². The molecule has 2 aliphatic carbocycles. The van der Waals surface area contributed by atoms with Crippen LogP contribution in [0.25, 0.3) is 0 Å². The van der Waals surface area contributed by atoms with Crippen molar-refractivity contribution >= 4 is 15.9 Å². The molecule has 3 rings (SSSR count). The van der Waals surface area contributed by atoms with Crippen LogP contribution in [0.15, 0.2) is 4.47 Å². The Balaban J connectivity index is 1.92. The van der Waals surface area contributed by atoms with Gasteiger partial charge in [-0.15, -0.1) is 0 Å². The van der Waals surface area contributed by atoms with E-state index in [9.17, 15) is 5.11 Å². The molecule has 2 aliphatic rings. The first-order valence-corrected chi connectivity index (χ1v) is 8.77. The zero-order valence-electron chi connectivity index (χ0n) is 12.5. The predicted molar refractivity (Wildman–Crippen MR) is 83.6 cm³/mol. The molecule has 112 valence electrons. The summed E-state index contributed by atoms with van der Waals surface area (Å²) in [5.74, 6) is 1.57. The minimum atomic E-state index is 0.114. The summed E-state index contributed by atoms with van der Waals surface area (Å²) in [5.41, 5.74) is 2.56. The number of hydrogen-bond donors (Lipinski definition) is 1. The minimum absolute atomic E-state index is 0.114. The Hall–Kier alpha value is -0.350. The van der Waals surface area contributed by atoms with Crippen molar-refractivity contribution in [1.29, 1.82) is 0 Å². The molecule has 20 heavy (non-hydrogen) atoms. The highest BCUT2D eigenvalue weighted by atomic mass is 79.9. The number of aliphatic hydroxyl groups excluding tert-OH is 1. The fraction of sp³-hybridized carbons (Fsp3) is 0.812. The van der Waals surface area contributed by atoms with Crippen LogP contribution < -0.4 is 0 Å². The lowest BCUT2D eigenvalue weighted by Gasteiger charge is -2.36. The molecule has 3 atom stereocenters. The summed E-state index contributed by atoms with van der Waals surface area (Å²) in [5, 5.41) is 14.8. The molecule has 1 N–H and O–H groups in total. The third kappa shape index (κ3) is 2.16. The van der Waals surface area contributed by atoms with Crippen molar-refractivity contribution in [2.45, 2.75) is 58.9 Å². The molecular formula is C16H25BrN2O. The molecule has 2 saturated carbocycles. The van der Waals surface area contributed by atoms with E-state index in [0.717, 1.165) is 36.9 Å². The van der Waals surface area contributed by atoms with Crippen molar-refractivity contribution in [2.75, 3.05) is 6.61 Å². The normalized spacial score (nSPS) is 32.2. The second-order valence-electron chi connectivity index (χ2n) is 6.65. The molecule has 0 radical (unpaired) electrons. The summed E-state index contributed by atoms with van der Waals surface area (Å²) < 4.78 is 3.31. The molecule has 1 heterocycles. The van der Waals surface area contributed by atoms with Crippen molar-refractivity contribution in [3.63, 3.8) is 0 Å². The van der Waals surface area contributed by atoms with Crippen LogP contribution in [0.3, 0.4) is 0 Å². The van der Waals surface area contributed by atoms with Gasteiger partial charge in [0.1, 0.15) is 0 Å². The molecule has 3 unspecified atom stereocenters. The highest BCUT2D eigenvalue weighted by Gasteiger charge is 2.51. The second kappa shape index (κ2) is 5.45. The Kier molecular flexibility index (Phi) is 3.97. The summed E-state index contributed by atoms with van der Waals surface area (Å²) in [6.45, 7) is 5.53. The van der Waals surface area contributed by atoms with Gasteiger partial charge in [0.05, 0.1) is 15.9 Å². The van der Waals surface area contributed by atoms with Gasteiger partial charge in [0.25, 0.3) is 0 Å². The van der Waals surface area contributed by atoms with Crippen LogP contribution in [0.2, 0.25) is 0 Å². The van der Waals surface area contributed by atoms with Gasteiger partial charge in [-0.05, 0) is 66.8 Å². The van der Waals surface area contributed by atoms with E-state index in [2.05, 4.69) is 34.5 Å². The number of aryl methyl sites for hydroxylation is 2. The van der Waals surface area contributed by atoms with Gasteiger partial charge >= 0.3 is 0 Å². The highest BCUT2D eigenvalue weighted by Crippen LogP contribution is 2.57. The highest BCUT2D eigenvalue weighted by molar-refractivity contribution is 9.10. The van der Waals surface area contributed by atoms with E-state index in [1.807, 2.05) is 0 Å². The van der Waals surface area contributed by atoms with E-state index in [1.54, 1.807) is 0 Å². The molecule has 0 aliphatic heterocycles. The number of aliphatic hydroxyl groups is 1. The van der Waals surface area contributed by atoms with Gasteiger partial charge in [0.15, 0.2) is 0 Å². The molecule has 4 heteroatoms. The Morgan fingerprint density at radius 1 is 1.40 bits per heavy atom. The van der Waals surface area contributed by atoms with E-state index < -0.39 is 0 Å². The lowest BCUT2D eigenvalue weighted by Crippen LogP contribution is -2.35. The largest absolute Gasteiger partial charge is 0.396 e. The zero-order valence-corrected chi connectivity index (χ0v) is 14.1. The van der Waals surface area contributed by atoms with Gasteiger partial charge < -0.3 is 5.11 Å². The van der Waals surface area contributed by atoms with Gasteiger partial charge in [-0.25, -0.2) is 0 Å². The number of rotatable bonds is 5. The van der Waals surface area contributed by atoms with Crippen molar-refractivity contribution in [1.82, 2.24) is 9.78 Å². The van der Waals surface area contributed by atoms with Crippen molar-refractivity contribution in [3.8, 4) is 0 Å². The Morgan fingerprint density at radius 3 is 2.70 bits per heavy atom. The van der Waals surface area contributed by atoms with E-state index in [4.69, 9.17) is 5.10 Å². The third-order valence-corrected chi connectivity index (χ3v) is 6.55. The van der Waals surface area contributed by atoms with E-state index in [0.29, 0.717) is 6.61 Å². The van der Waals surface area contributed by atoms with Gasteiger partial charge in [0, 0.05) is 18.6 Å². The summed E-state index contributed by atoms with van der Waals surface area (Å²) in [7, 11) is 0. The van der Waals surface area contributed by atoms with Gasteiger partial charge in [-0.3, -0.25) is 4.68 Å². The number of aromatic nitrogens is 2. The topological polar surface area (TPSA) is 38.0 Å². The van der Waals surface area contributed by atoms with E-state index in [-0.39, 0.29) is 5.41 Å². The molecular weight excluding hydrogens is 316 g/mol. The first-order valence-electron chi connectivity index (χ1n) is 7.98. The first kappa shape index (κ1) is 14.6. The molecule has 0 saturated heterocycles. The molecule has 1 aromatic rings. The summed E-state index contributed by atoms with van der Waals surface area (Å²) in [4.78, 5) is 0. The molecule has 2 fully saturated rings. The van der Waals surface area contributed by atoms with Crippen LogP contribution in [0, 0.1) is 17.3 Å². The lowest BCUT2D eigenvalue weighted by atomic mass is 9.70.